The van der Waals surface area contributed by atoms with Crippen molar-refractivity contribution in [1.29, 1.82) is 0 Å². The Bertz CT molecular complexity index is 633. The number of aromatic nitrogens is 3. The fraction of sp³-hybridized carbons (Fsp3) is 0.500. The maximum absolute atomic E-state index is 6.46. The van der Waals surface area contributed by atoms with Crippen molar-refractivity contribution in [2.45, 2.75) is 39.7 Å². The van der Waals surface area contributed by atoms with Crippen LogP contribution in [0.5, 0.6) is 0 Å². The minimum atomic E-state index is 0.177. The number of nitrogens with one attached hydrogen (secondary N) is 1. The van der Waals surface area contributed by atoms with Crippen LogP contribution < -0.4 is 5.32 Å². The molecule has 0 saturated heterocycles. The number of hydrogen-bond donors (Lipinski definition) is 1. The van der Waals surface area contributed by atoms with Gasteiger partial charge in [0.05, 0.1) is 16.4 Å². The number of pyridine rings is 1. The zero-order valence-corrected chi connectivity index (χ0v) is 14.1. The SMILES string of the molecule is CCc1nn(C)c(CC(NC)c2ccc(C)nc2C)c1Cl. The zero-order valence-electron chi connectivity index (χ0n) is 13.4. The van der Waals surface area contributed by atoms with E-state index in [0.717, 1.165) is 40.6 Å². The van der Waals surface area contributed by atoms with E-state index in [2.05, 4.69) is 41.4 Å². The van der Waals surface area contributed by atoms with Gasteiger partial charge in [0.2, 0.25) is 0 Å². The summed E-state index contributed by atoms with van der Waals surface area (Å²) in [6, 6.07) is 4.37. The quantitative estimate of drug-likeness (QED) is 0.923. The first-order valence-electron chi connectivity index (χ1n) is 7.29. The van der Waals surface area contributed by atoms with E-state index in [1.165, 1.54) is 5.56 Å². The highest BCUT2D eigenvalue weighted by Gasteiger charge is 2.19. The molecule has 2 aromatic rings. The first kappa shape index (κ1) is 16.0. The minimum Gasteiger partial charge on any atom is -0.313 e. The smallest absolute Gasteiger partial charge is 0.0850 e. The summed E-state index contributed by atoms with van der Waals surface area (Å²) in [6.07, 6.45) is 1.65. The Balaban J connectivity index is 2.33. The van der Waals surface area contributed by atoms with Gasteiger partial charge in [0.1, 0.15) is 0 Å². The van der Waals surface area contributed by atoms with Crippen LogP contribution in [0.1, 0.15) is 41.3 Å². The number of rotatable bonds is 5. The average Bonchev–Trinajstić information content (AvgIpc) is 2.72. The largest absolute Gasteiger partial charge is 0.313 e. The van der Waals surface area contributed by atoms with Gasteiger partial charge in [0.25, 0.3) is 0 Å². The molecule has 1 N–H and O–H groups in total. The van der Waals surface area contributed by atoms with Crippen LogP contribution in [0.15, 0.2) is 12.1 Å². The Kier molecular flexibility index (Phi) is 5.01. The van der Waals surface area contributed by atoms with E-state index in [9.17, 15) is 0 Å². The fourth-order valence-electron chi connectivity index (χ4n) is 2.67. The molecule has 2 rings (SSSR count). The highest BCUT2D eigenvalue weighted by molar-refractivity contribution is 6.31. The molecule has 0 aromatic carbocycles. The number of aryl methyl sites for hydroxylation is 4. The predicted molar refractivity (Wildman–Crippen MR) is 86.8 cm³/mol. The van der Waals surface area contributed by atoms with Crippen LogP contribution in [0.25, 0.3) is 0 Å². The van der Waals surface area contributed by atoms with Gasteiger partial charge in [-0.2, -0.15) is 5.10 Å². The second-order valence-corrected chi connectivity index (χ2v) is 5.74. The number of hydrogen-bond acceptors (Lipinski definition) is 3. The van der Waals surface area contributed by atoms with Crippen molar-refractivity contribution in [2.24, 2.45) is 7.05 Å². The van der Waals surface area contributed by atoms with Crippen LogP contribution in [0, 0.1) is 13.8 Å². The summed E-state index contributed by atoms with van der Waals surface area (Å²) < 4.78 is 1.89. The molecule has 114 valence electrons. The molecule has 1 unspecified atom stereocenters. The van der Waals surface area contributed by atoms with E-state index in [0.29, 0.717) is 0 Å². The van der Waals surface area contributed by atoms with Gasteiger partial charge in [-0.25, -0.2) is 0 Å². The third-order valence-corrected chi connectivity index (χ3v) is 4.33. The number of halogens is 1. The summed E-state index contributed by atoms with van der Waals surface area (Å²) >= 11 is 6.46. The monoisotopic (exact) mass is 306 g/mol. The topological polar surface area (TPSA) is 42.7 Å². The molecule has 2 aromatic heterocycles. The summed E-state index contributed by atoms with van der Waals surface area (Å²) in [6.45, 7) is 6.13. The molecule has 1 atom stereocenters. The van der Waals surface area contributed by atoms with E-state index < -0.39 is 0 Å². The lowest BCUT2D eigenvalue weighted by Gasteiger charge is -2.19. The summed E-state index contributed by atoms with van der Waals surface area (Å²) in [5, 5.41) is 8.65. The van der Waals surface area contributed by atoms with Crippen molar-refractivity contribution in [2.75, 3.05) is 7.05 Å². The second kappa shape index (κ2) is 6.58. The van der Waals surface area contributed by atoms with Crippen LogP contribution in [0.2, 0.25) is 5.02 Å². The van der Waals surface area contributed by atoms with Crippen LogP contribution >= 0.6 is 11.6 Å². The van der Waals surface area contributed by atoms with Crippen LogP contribution in [-0.2, 0) is 19.9 Å². The maximum Gasteiger partial charge on any atom is 0.0850 e. The van der Waals surface area contributed by atoms with Crippen molar-refractivity contribution in [3.05, 3.63) is 45.5 Å². The molecule has 0 aliphatic heterocycles. The van der Waals surface area contributed by atoms with Crippen LogP contribution in [0.4, 0.5) is 0 Å². The molecule has 2 heterocycles. The van der Waals surface area contributed by atoms with Gasteiger partial charge in [0.15, 0.2) is 0 Å². The van der Waals surface area contributed by atoms with E-state index in [1.807, 2.05) is 25.7 Å². The molecule has 0 spiro atoms. The van der Waals surface area contributed by atoms with Gasteiger partial charge in [-0.3, -0.25) is 9.67 Å². The average molecular weight is 307 g/mol. The van der Waals surface area contributed by atoms with Gasteiger partial charge < -0.3 is 5.32 Å². The number of nitrogens with zero attached hydrogens (tertiary/aromatic N) is 3. The van der Waals surface area contributed by atoms with E-state index in [-0.39, 0.29) is 6.04 Å². The zero-order chi connectivity index (χ0) is 15.6. The van der Waals surface area contributed by atoms with Crippen LogP contribution in [0.3, 0.4) is 0 Å². The maximum atomic E-state index is 6.46. The van der Waals surface area contributed by atoms with Crippen molar-refractivity contribution in [3.63, 3.8) is 0 Å². The van der Waals surface area contributed by atoms with Gasteiger partial charge in [-0.05, 0) is 38.9 Å². The first-order chi connectivity index (χ1) is 9.97. The lowest BCUT2D eigenvalue weighted by atomic mass is 10.00. The molecule has 0 aliphatic carbocycles. The summed E-state index contributed by atoms with van der Waals surface area (Å²) in [5.41, 5.74) is 5.33. The third-order valence-electron chi connectivity index (χ3n) is 3.89. The molecule has 0 fully saturated rings. The van der Waals surface area contributed by atoms with Crippen molar-refractivity contribution >= 4 is 11.6 Å². The molecule has 0 radical (unpaired) electrons. The van der Waals surface area contributed by atoms with Crippen molar-refractivity contribution in [3.8, 4) is 0 Å². The molecular weight excluding hydrogens is 284 g/mol. The lowest BCUT2D eigenvalue weighted by molar-refractivity contribution is 0.556. The molecule has 0 bridgehead atoms. The molecule has 0 saturated carbocycles. The fourth-order valence-corrected chi connectivity index (χ4v) is 3.04. The summed E-state index contributed by atoms with van der Waals surface area (Å²) in [7, 11) is 3.92. The minimum absolute atomic E-state index is 0.177. The highest BCUT2D eigenvalue weighted by Crippen LogP contribution is 2.27. The first-order valence-corrected chi connectivity index (χ1v) is 7.67. The second-order valence-electron chi connectivity index (χ2n) is 5.36. The van der Waals surface area contributed by atoms with Crippen molar-refractivity contribution in [1.82, 2.24) is 20.1 Å². The van der Waals surface area contributed by atoms with E-state index in [4.69, 9.17) is 11.6 Å². The molecule has 0 aliphatic rings. The number of likely N-dealkylation sites (N-methyl/N-ethyl adjacent to an activating group) is 1. The standard InChI is InChI=1S/C16H23ClN4/c1-6-13-16(17)15(21(5)20-13)9-14(18-4)12-8-7-10(2)19-11(12)3/h7-8,14,18H,6,9H2,1-5H3. The van der Waals surface area contributed by atoms with Gasteiger partial charge >= 0.3 is 0 Å². The Hall–Kier alpha value is -1.39. The molecular formula is C16H23ClN4. The van der Waals surface area contributed by atoms with E-state index >= 15 is 0 Å². The van der Waals surface area contributed by atoms with Gasteiger partial charge in [0, 0.05) is 30.9 Å². The Morgan fingerprint density at radius 1 is 1.33 bits per heavy atom. The Morgan fingerprint density at radius 3 is 2.57 bits per heavy atom. The third kappa shape index (κ3) is 3.27. The Morgan fingerprint density at radius 2 is 2.05 bits per heavy atom. The molecule has 5 heteroatoms. The Labute approximate surface area is 131 Å². The van der Waals surface area contributed by atoms with E-state index in [1.54, 1.807) is 0 Å². The molecule has 21 heavy (non-hydrogen) atoms. The predicted octanol–water partition coefficient (Wildman–Crippen LogP) is 3.15. The lowest BCUT2D eigenvalue weighted by Crippen LogP contribution is -2.21. The summed E-state index contributed by atoms with van der Waals surface area (Å²) in [5.74, 6) is 0. The molecule has 0 amide bonds. The van der Waals surface area contributed by atoms with Gasteiger partial charge in [-0.1, -0.05) is 24.6 Å². The summed E-state index contributed by atoms with van der Waals surface area (Å²) in [4.78, 5) is 4.55. The molecule has 4 nitrogen and oxygen atoms in total. The highest BCUT2D eigenvalue weighted by atomic mass is 35.5. The van der Waals surface area contributed by atoms with Crippen molar-refractivity contribution < 1.29 is 0 Å². The van der Waals surface area contributed by atoms with Gasteiger partial charge in [-0.15, -0.1) is 0 Å². The normalized spacial score (nSPS) is 12.7. The van der Waals surface area contributed by atoms with Crippen LogP contribution in [-0.4, -0.2) is 21.8 Å².